The predicted molar refractivity (Wildman–Crippen MR) is 57.9 cm³/mol. The van der Waals surface area contributed by atoms with E-state index in [1.165, 1.54) is 0 Å². The number of aromatic nitrogens is 3. The van der Waals surface area contributed by atoms with Crippen molar-refractivity contribution in [3.8, 4) is 11.3 Å². The molecule has 3 rings (SSSR count). The fraction of sp³-hybridized carbons (Fsp3) is 0.182. The van der Waals surface area contributed by atoms with Gasteiger partial charge in [-0.15, -0.1) is 0 Å². The Hall–Kier alpha value is -1.97. The maximum absolute atomic E-state index is 4.52. The van der Waals surface area contributed by atoms with E-state index in [2.05, 4.69) is 21.1 Å². The van der Waals surface area contributed by atoms with Crippen LogP contribution in [0.25, 0.3) is 11.3 Å². The molecule has 2 aromatic heterocycles. The fourth-order valence-corrected chi connectivity index (χ4v) is 1.69. The molecule has 0 unspecified atom stereocenters. The second-order valence-electron chi connectivity index (χ2n) is 3.45. The Kier molecular flexibility index (Phi) is 1.84. The van der Waals surface area contributed by atoms with Gasteiger partial charge in [0.1, 0.15) is 0 Å². The molecule has 3 heterocycles. The number of hydrogen-bond acceptors (Lipinski definition) is 3. The minimum Gasteiger partial charge on any atom is -0.289 e. The van der Waals surface area contributed by atoms with Crippen molar-refractivity contribution in [2.24, 2.45) is 4.99 Å². The zero-order valence-corrected chi connectivity index (χ0v) is 8.17. The molecule has 0 fully saturated rings. The topological polar surface area (TPSA) is 43.1 Å². The predicted octanol–water partition coefficient (Wildman–Crippen LogP) is 1.38. The van der Waals surface area contributed by atoms with Gasteiger partial charge in [0.2, 0.25) is 0 Å². The van der Waals surface area contributed by atoms with Crippen LogP contribution in [-0.4, -0.2) is 27.5 Å². The molecule has 74 valence electrons. The second kappa shape index (κ2) is 3.31. The molecule has 0 radical (unpaired) electrons. The first kappa shape index (κ1) is 8.35. The van der Waals surface area contributed by atoms with Crippen LogP contribution in [0.1, 0.15) is 5.69 Å². The lowest BCUT2D eigenvalue weighted by Gasteiger charge is -2.05. The number of fused-ring (bicyclic) bond motifs is 1. The molecule has 0 aliphatic carbocycles. The summed E-state index contributed by atoms with van der Waals surface area (Å²) in [6, 6.07) is 5.98. The first-order chi connectivity index (χ1) is 7.43. The van der Waals surface area contributed by atoms with E-state index in [-0.39, 0.29) is 0 Å². The number of pyridine rings is 1. The van der Waals surface area contributed by atoms with Crippen LogP contribution in [0.4, 0.5) is 0 Å². The maximum Gasteiger partial charge on any atom is 0.0931 e. The van der Waals surface area contributed by atoms with Crippen molar-refractivity contribution in [1.29, 1.82) is 0 Å². The van der Waals surface area contributed by atoms with Crippen LogP contribution in [0.5, 0.6) is 0 Å². The lowest BCUT2D eigenvalue weighted by molar-refractivity contribution is 0.612. The summed E-state index contributed by atoms with van der Waals surface area (Å²) in [5.74, 6) is 0. The molecule has 15 heavy (non-hydrogen) atoms. The molecule has 0 amide bonds. The lowest BCUT2D eigenvalue weighted by atomic mass is 10.2. The second-order valence-corrected chi connectivity index (χ2v) is 3.45. The Morgan fingerprint density at radius 2 is 2.07 bits per heavy atom. The van der Waals surface area contributed by atoms with Crippen molar-refractivity contribution in [2.75, 3.05) is 6.54 Å². The summed E-state index contributed by atoms with van der Waals surface area (Å²) in [5, 5.41) is 4.52. The van der Waals surface area contributed by atoms with Crippen molar-refractivity contribution in [3.05, 3.63) is 36.3 Å². The molecular formula is C11H10N4. The van der Waals surface area contributed by atoms with Crippen LogP contribution in [0.15, 0.2) is 35.6 Å². The molecule has 2 aromatic rings. The van der Waals surface area contributed by atoms with Gasteiger partial charge in [-0.05, 0) is 18.2 Å². The molecule has 4 heteroatoms. The van der Waals surface area contributed by atoms with Gasteiger partial charge in [0, 0.05) is 24.2 Å². The van der Waals surface area contributed by atoms with E-state index >= 15 is 0 Å². The normalized spacial score (nSPS) is 13.9. The Labute approximate surface area is 87.3 Å². The Bertz CT molecular complexity index is 499. The van der Waals surface area contributed by atoms with Crippen molar-refractivity contribution < 1.29 is 0 Å². The van der Waals surface area contributed by atoms with Crippen LogP contribution in [0, 0.1) is 0 Å². The smallest absolute Gasteiger partial charge is 0.0931 e. The van der Waals surface area contributed by atoms with Gasteiger partial charge < -0.3 is 0 Å². The summed E-state index contributed by atoms with van der Waals surface area (Å²) in [5.41, 5.74) is 3.16. The van der Waals surface area contributed by atoms with E-state index in [1.807, 2.05) is 23.0 Å². The third kappa shape index (κ3) is 1.44. The molecule has 0 saturated heterocycles. The molecule has 4 nitrogen and oxygen atoms in total. The van der Waals surface area contributed by atoms with E-state index < -0.39 is 0 Å². The highest BCUT2D eigenvalue weighted by molar-refractivity contribution is 5.80. The first-order valence-electron chi connectivity index (χ1n) is 4.91. The lowest BCUT2D eigenvalue weighted by Crippen LogP contribution is -2.11. The van der Waals surface area contributed by atoms with Crippen molar-refractivity contribution in [2.45, 2.75) is 6.54 Å². The third-order valence-electron chi connectivity index (χ3n) is 2.45. The Balaban J connectivity index is 2.07. The zero-order chi connectivity index (χ0) is 10.1. The molecule has 0 aromatic carbocycles. The van der Waals surface area contributed by atoms with E-state index in [4.69, 9.17) is 0 Å². The van der Waals surface area contributed by atoms with Gasteiger partial charge in [0.15, 0.2) is 0 Å². The van der Waals surface area contributed by atoms with Crippen LogP contribution >= 0.6 is 0 Å². The van der Waals surface area contributed by atoms with Crippen molar-refractivity contribution in [3.63, 3.8) is 0 Å². The van der Waals surface area contributed by atoms with Gasteiger partial charge >= 0.3 is 0 Å². The van der Waals surface area contributed by atoms with E-state index in [0.29, 0.717) is 0 Å². The number of hydrogen-bond donors (Lipinski definition) is 0. The van der Waals surface area contributed by atoms with Gasteiger partial charge in [0.05, 0.1) is 24.5 Å². The average molecular weight is 198 g/mol. The number of nitrogens with zero attached hydrogens (tertiary/aromatic N) is 4. The summed E-state index contributed by atoms with van der Waals surface area (Å²) in [6.45, 7) is 1.70. The summed E-state index contributed by atoms with van der Waals surface area (Å²) in [7, 11) is 0. The molecule has 0 N–H and O–H groups in total. The van der Waals surface area contributed by atoms with Crippen molar-refractivity contribution in [1.82, 2.24) is 14.8 Å². The number of rotatable bonds is 1. The summed E-state index contributed by atoms with van der Waals surface area (Å²) in [4.78, 5) is 8.22. The highest BCUT2D eigenvalue weighted by atomic mass is 15.3. The zero-order valence-electron chi connectivity index (χ0n) is 8.17. The van der Waals surface area contributed by atoms with Gasteiger partial charge in [-0.2, -0.15) is 5.10 Å². The third-order valence-corrected chi connectivity index (χ3v) is 2.45. The highest BCUT2D eigenvalue weighted by Gasteiger charge is 2.09. The molecule has 0 saturated carbocycles. The Morgan fingerprint density at radius 1 is 1.20 bits per heavy atom. The Morgan fingerprint density at radius 3 is 2.87 bits per heavy atom. The van der Waals surface area contributed by atoms with Gasteiger partial charge in [0.25, 0.3) is 0 Å². The largest absolute Gasteiger partial charge is 0.289 e. The van der Waals surface area contributed by atoms with Gasteiger partial charge in [-0.1, -0.05) is 0 Å². The standard InChI is InChI=1S/C11H10N4/c1-3-12-4-2-9(1)11-7-10-8-13-5-6-15(10)14-11/h1-4,7-8H,5-6H2. The molecule has 1 aliphatic heterocycles. The summed E-state index contributed by atoms with van der Waals surface area (Å²) >= 11 is 0. The molecule has 1 aliphatic rings. The van der Waals surface area contributed by atoms with Crippen molar-refractivity contribution >= 4 is 6.21 Å². The molecule has 0 spiro atoms. The van der Waals surface area contributed by atoms with Crippen LogP contribution in [0.2, 0.25) is 0 Å². The minimum absolute atomic E-state index is 0.824. The number of aliphatic imine (C=N–C) groups is 1. The van der Waals surface area contributed by atoms with Crippen LogP contribution < -0.4 is 0 Å². The molecular weight excluding hydrogens is 188 g/mol. The first-order valence-corrected chi connectivity index (χ1v) is 4.91. The van der Waals surface area contributed by atoms with Crippen LogP contribution in [0.3, 0.4) is 0 Å². The summed E-state index contributed by atoms with van der Waals surface area (Å²) in [6.07, 6.45) is 5.44. The maximum atomic E-state index is 4.52. The van der Waals surface area contributed by atoms with Crippen LogP contribution in [-0.2, 0) is 6.54 Å². The highest BCUT2D eigenvalue weighted by Crippen LogP contribution is 2.18. The molecule has 0 atom stereocenters. The van der Waals surface area contributed by atoms with E-state index in [9.17, 15) is 0 Å². The van der Waals surface area contributed by atoms with Gasteiger partial charge in [-0.25, -0.2) is 0 Å². The minimum atomic E-state index is 0.824. The quantitative estimate of drug-likeness (QED) is 0.694. The molecule has 0 bridgehead atoms. The van der Waals surface area contributed by atoms with E-state index in [1.54, 1.807) is 12.4 Å². The van der Waals surface area contributed by atoms with Gasteiger partial charge in [-0.3, -0.25) is 14.7 Å². The summed E-state index contributed by atoms with van der Waals surface area (Å²) < 4.78 is 1.99. The fourth-order valence-electron chi connectivity index (χ4n) is 1.69. The average Bonchev–Trinajstić information content (AvgIpc) is 2.74. The monoisotopic (exact) mass is 198 g/mol. The SMILES string of the molecule is C1=NCCn2nc(-c3ccncc3)cc21. The van der Waals surface area contributed by atoms with E-state index in [0.717, 1.165) is 30.0 Å².